The number of ether oxygens (including phenoxy) is 1. The van der Waals surface area contributed by atoms with Crippen molar-refractivity contribution in [3.05, 3.63) is 115 Å². The fraction of sp³-hybridized carbons (Fsp3) is 0. The lowest BCUT2D eigenvalue weighted by Gasteiger charge is -2.09. The standard InChI is InChI=1S/C28H18FNO3/c29-21-12-15-26-24(16-21)25(28(31)32)17-27(30-26)20-8-6-18(7-9-20)19-10-13-23(14-11-19)33-22-4-2-1-3-5-22/h1-17H,(H,31,32). The molecule has 0 fully saturated rings. The molecule has 0 spiro atoms. The van der Waals surface area contributed by atoms with Crippen molar-refractivity contribution in [1.82, 2.24) is 4.98 Å². The van der Waals surface area contributed by atoms with E-state index in [9.17, 15) is 14.3 Å². The van der Waals surface area contributed by atoms with Crippen LogP contribution in [0.3, 0.4) is 0 Å². The predicted octanol–water partition coefficient (Wildman–Crippen LogP) is 7.20. The number of carboxylic acid groups (broad SMARTS) is 1. The Kier molecular flexibility index (Phi) is 5.29. The van der Waals surface area contributed by atoms with Gasteiger partial charge in [0.05, 0.1) is 16.8 Å². The molecule has 0 atom stereocenters. The van der Waals surface area contributed by atoms with Crippen molar-refractivity contribution in [3.63, 3.8) is 0 Å². The molecule has 4 aromatic carbocycles. The minimum absolute atomic E-state index is 0.0209. The molecule has 160 valence electrons. The largest absolute Gasteiger partial charge is 0.478 e. The SMILES string of the molecule is O=C(O)c1cc(-c2ccc(-c3ccc(Oc4ccccc4)cc3)cc2)nc2ccc(F)cc12. The van der Waals surface area contributed by atoms with E-state index in [1.165, 1.54) is 24.3 Å². The molecule has 0 radical (unpaired) electrons. The number of benzene rings is 4. The normalized spacial score (nSPS) is 10.8. The second-order valence-electron chi connectivity index (χ2n) is 7.54. The van der Waals surface area contributed by atoms with Crippen LogP contribution in [-0.4, -0.2) is 16.1 Å². The molecule has 1 N–H and O–H groups in total. The number of rotatable bonds is 5. The number of hydrogen-bond acceptors (Lipinski definition) is 3. The molecule has 33 heavy (non-hydrogen) atoms. The van der Waals surface area contributed by atoms with Gasteiger partial charge in [-0.05, 0) is 59.7 Å². The van der Waals surface area contributed by atoms with Crippen LogP contribution in [0.15, 0.2) is 103 Å². The van der Waals surface area contributed by atoms with Gasteiger partial charge < -0.3 is 9.84 Å². The summed E-state index contributed by atoms with van der Waals surface area (Å²) in [7, 11) is 0. The summed E-state index contributed by atoms with van der Waals surface area (Å²) in [5, 5.41) is 9.87. The average Bonchev–Trinajstić information content (AvgIpc) is 2.84. The van der Waals surface area contributed by atoms with Gasteiger partial charge in [-0.1, -0.05) is 54.6 Å². The number of fused-ring (bicyclic) bond motifs is 1. The average molecular weight is 435 g/mol. The van der Waals surface area contributed by atoms with Crippen LogP contribution in [0.2, 0.25) is 0 Å². The Labute approximate surface area is 189 Å². The number of halogens is 1. The first-order valence-electron chi connectivity index (χ1n) is 10.3. The van der Waals surface area contributed by atoms with Crippen LogP contribution in [0.25, 0.3) is 33.3 Å². The second-order valence-corrected chi connectivity index (χ2v) is 7.54. The number of hydrogen-bond donors (Lipinski definition) is 1. The van der Waals surface area contributed by atoms with E-state index < -0.39 is 11.8 Å². The third-order valence-electron chi connectivity index (χ3n) is 5.35. The van der Waals surface area contributed by atoms with Crippen molar-refractivity contribution in [3.8, 4) is 33.9 Å². The van der Waals surface area contributed by atoms with E-state index in [4.69, 9.17) is 4.74 Å². The maximum atomic E-state index is 13.6. The number of carbonyl (C=O) groups is 1. The monoisotopic (exact) mass is 435 g/mol. The topological polar surface area (TPSA) is 59.4 Å². The Hall–Kier alpha value is -4.51. The van der Waals surface area contributed by atoms with Crippen molar-refractivity contribution < 1.29 is 19.0 Å². The van der Waals surface area contributed by atoms with Gasteiger partial charge in [0, 0.05) is 10.9 Å². The molecule has 0 aliphatic carbocycles. The van der Waals surface area contributed by atoms with Crippen molar-refractivity contribution in [2.24, 2.45) is 0 Å². The quantitative estimate of drug-likeness (QED) is 0.317. The fourth-order valence-corrected chi connectivity index (χ4v) is 3.70. The summed E-state index contributed by atoms with van der Waals surface area (Å²) < 4.78 is 19.5. The number of carboxylic acids is 1. The smallest absolute Gasteiger partial charge is 0.336 e. The highest BCUT2D eigenvalue weighted by Gasteiger charge is 2.14. The summed E-state index contributed by atoms with van der Waals surface area (Å²) in [6, 6.07) is 30.6. The molecule has 0 aliphatic rings. The summed E-state index contributed by atoms with van der Waals surface area (Å²) >= 11 is 0. The number of nitrogens with zero attached hydrogens (tertiary/aromatic N) is 1. The van der Waals surface area contributed by atoms with Crippen molar-refractivity contribution in [1.29, 1.82) is 0 Å². The van der Waals surface area contributed by atoms with Crippen LogP contribution in [0, 0.1) is 5.82 Å². The van der Waals surface area contributed by atoms with Crippen LogP contribution in [-0.2, 0) is 0 Å². The highest BCUT2D eigenvalue weighted by atomic mass is 19.1. The maximum Gasteiger partial charge on any atom is 0.336 e. The Bertz CT molecular complexity index is 1450. The Morgan fingerprint density at radius 2 is 1.33 bits per heavy atom. The van der Waals surface area contributed by atoms with Gasteiger partial charge in [0.15, 0.2) is 0 Å². The summed E-state index contributed by atoms with van der Waals surface area (Å²) in [6.07, 6.45) is 0. The van der Waals surface area contributed by atoms with Crippen molar-refractivity contribution in [2.45, 2.75) is 0 Å². The van der Waals surface area contributed by atoms with E-state index in [-0.39, 0.29) is 10.9 Å². The summed E-state index contributed by atoms with van der Waals surface area (Å²) in [4.78, 5) is 16.3. The minimum atomic E-state index is -1.12. The van der Waals surface area contributed by atoms with E-state index in [1.807, 2.05) is 78.9 Å². The van der Waals surface area contributed by atoms with Crippen LogP contribution in [0.5, 0.6) is 11.5 Å². The molecule has 0 saturated heterocycles. The van der Waals surface area contributed by atoms with Crippen molar-refractivity contribution >= 4 is 16.9 Å². The molecule has 5 aromatic rings. The maximum absolute atomic E-state index is 13.6. The van der Waals surface area contributed by atoms with E-state index in [1.54, 1.807) is 0 Å². The minimum Gasteiger partial charge on any atom is -0.478 e. The third-order valence-corrected chi connectivity index (χ3v) is 5.35. The summed E-state index contributed by atoms with van der Waals surface area (Å²) in [5.41, 5.74) is 3.78. The van der Waals surface area contributed by atoms with Crippen LogP contribution in [0.1, 0.15) is 10.4 Å². The molecule has 4 nitrogen and oxygen atoms in total. The van der Waals surface area contributed by atoms with Gasteiger partial charge in [-0.3, -0.25) is 0 Å². The van der Waals surface area contributed by atoms with Gasteiger partial charge in [-0.15, -0.1) is 0 Å². The third kappa shape index (κ3) is 4.29. The number of para-hydroxylation sites is 1. The molecule has 0 bridgehead atoms. The van der Waals surface area contributed by atoms with Gasteiger partial charge in [-0.25, -0.2) is 14.2 Å². The van der Waals surface area contributed by atoms with E-state index in [2.05, 4.69) is 4.98 Å². The van der Waals surface area contributed by atoms with Gasteiger partial charge in [-0.2, -0.15) is 0 Å². The van der Waals surface area contributed by atoms with Gasteiger partial charge >= 0.3 is 5.97 Å². The van der Waals surface area contributed by atoms with E-state index in [0.717, 1.165) is 28.2 Å². The highest BCUT2D eigenvalue weighted by Crippen LogP contribution is 2.29. The van der Waals surface area contributed by atoms with Gasteiger partial charge in [0.2, 0.25) is 0 Å². The van der Waals surface area contributed by atoms with Crippen LogP contribution < -0.4 is 4.74 Å². The molecule has 1 heterocycles. The zero-order chi connectivity index (χ0) is 22.8. The van der Waals surface area contributed by atoms with Crippen LogP contribution >= 0.6 is 0 Å². The lowest BCUT2D eigenvalue weighted by atomic mass is 10.0. The zero-order valence-corrected chi connectivity index (χ0v) is 17.4. The second kappa shape index (κ2) is 8.55. The first kappa shape index (κ1) is 20.4. The van der Waals surface area contributed by atoms with Crippen LogP contribution in [0.4, 0.5) is 4.39 Å². The van der Waals surface area contributed by atoms with Gasteiger partial charge in [0.1, 0.15) is 17.3 Å². The molecular weight excluding hydrogens is 417 g/mol. The lowest BCUT2D eigenvalue weighted by molar-refractivity contribution is 0.0699. The molecule has 5 rings (SSSR count). The zero-order valence-electron chi connectivity index (χ0n) is 17.4. The Morgan fingerprint density at radius 1 is 0.727 bits per heavy atom. The first-order chi connectivity index (χ1) is 16.1. The van der Waals surface area contributed by atoms with E-state index >= 15 is 0 Å². The highest BCUT2D eigenvalue weighted by molar-refractivity contribution is 6.03. The fourth-order valence-electron chi connectivity index (χ4n) is 3.70. The van der Waals surface area contributed by atoms with Gasteiger partial charge in [0.25, 0.3) is 0 Å². The predicted molar refractivity (Wildman–Crippen MR) is 126 cm³/mol. The summed E-state index contributed by atoms with van der Waals surface area (Å²) in [6.45, 7) is 0. The summed E-state index contributed by atoms with van der Waals surface area (Å²) in [5.74, 6) is -0.0895. The molecule has 0 amide bonds. The molecular formula is C28H18FNO3. The molecule has 1 aromatic heterocycles. The molecule has 0 saturated carbocycles. The lowest BCUT2D eigenvalue weighted by Crippen LogP contribution is -2.00. The Balaban J connectivity index is 1.42. The number of aromatic carboxylic acids is 1. The molecule has 5 heteroatoms. The first-order valence-corrected chi connectivity index (χ1v) is 10.3. The number of aromatic nitrogens is 1. The molecule has 0 aliphatic heterocycles. The number of pyridine rings is 1. The Morgan fingerprint density at radius 3 is 2.00 bits per heavy atom. The molecule has 0 unspecified atom stereocenters. The van der Waals surface area contributed by atoms with E-state index in [0.29, 0.717) is 11.2 Å². The van der Waals surface area contributed by atoms with Crippen molar-refractivity contribution in [2.75, 3.05) is 0 Å².